The van der Waals surface area contributed by atoms with Crippen LogP contribution in [0, 0.1) is 5.82 Å². The Bertz CT molecular complexity index is 639. The zero-order chi connectivity index (χ0) is 13.9. The van der Waals surface area contributed by atoms with E-state index in [0.717, 1.165) is 37.8 Å². The minimum Gasteiger partial charge on any atom is -0.338 e. The standard InChI is InChI=1S/C17H16FNO/c18-15-9-5-8-14(12-20)17(15)19-11-4-3-7-13-6-1-2-10-16(13)19/h1-2,5-6,8-10,12H,3-4,7,11H2. The van der Waals surface area contributed by atoms with Gasteiger partial charge in [0.2, 0.25) is 0 Å². The SMILES string of the molecule is O=Cc1cccc(F)c1N1CCCCc2ccccc21. The van der Waals surface area contributed by atoms with Gasteiger partial charge in [-0.05, 0) is 43.0 Å². The van der Waals surface area contributed by atoms with E-state index in [0.29, 0.717) is 11.3 Å². The quantitative estimate of drug-likeness (QED) is 0.765. The van der Waals surface area contributed by atoms with Crippen molar-refractivity contribution in [1.29, 1.82) is 0 Å². The number of anilines is 2. The maximum Gasteiger partial charge on any atom is 0.152 e. The summed E-state index contributed by atoms with van der Waals surface area (Å²) in [4.78, 5) is 13.2. The largest absolute Gasteiger partial charge is 0.338 e. The van der Waals surface area contributed by atoms with Crippen LogP contribution in [0.2, 0.25) is 0 Å². The van der Waals surface area contributed by atoms with E-state index in [-0.39, 0.29) is 5.82 Å². The van der Waals surface area contributed by atoms with Gasteiger partial charge in [0.05, 0.1) is 5.69 Å². The molecular weight excluding hydrogens is 253 g/mol. The molecule has 0 unspecified atom stereocenters. The fourth-order valence-electron chi connectivity index (χ4n) is 2.84. The van der Waals surface area contributed by atoms with Gasteiger partial charge in [-0.15, -0.1) is 0 Å². The summed E-state index contributed by atoms with van der Waals surface area (Å²) in [5, 5.41) is 0. The Kier molecular flexibility index (Phi) is 3.50. The molecule has 0 saturated carbocycles. The van der Waals surface area contributed by atoms with Crippen molar-refractivity contribution in [2.75, 3.05) is 11.4 Å². The molecule has 0 spiro atoms. The second-order valence-electron chi connectivity index (χ2n) is 5.03. The maximum atomic E-state index is 14.2. The Morgan fingerprint density at radius 2 is 1.90 bits per heavy atom. The highest BCUT2D eigenvalue weighted by atomic mass is 19.1. The van der Waals surface area contributed by atoms with E-state index in [9.17, 15) is 9.18 Å². The second-order valence-corrected chi connectivity index (χ2v) is 5.03. The van der Waals surface area contributed by atoms with Crippen molar-refractivity contribution >= 4 is 17.7 Å². The van der Waals surface area contributed by atoms with E-state index in [1.165, 1.54) is 11.6 Å². The summed E-state index contributed by atoms with van der Waals surface area (Å²) >= 11 is 0. The number of nitrogens with zero attached hydrogens (tertiary/aromatic N) is 1. The third-order valence-corrected chi connectivity index (χ3v) is 3.78. The lowest BCUT2D eigenvalue weighted by Crippen LogP contribution is -2.20. The highest BCUT2D eigenvalue weighted by Gasteiger charge is 2.21. The van der Waals surface area contributed by atoms with E-state index in [1.54, 1.807) is 12.1 Å². The summed E-state index contributed by atoms with van der Waals surface area (Å²) in [5.74, 6) is -0.341. The van der Waals surface area contributed by atoms with Crippen molar-refractivity contribution in [3.8, 4) is 0 Å². The summed E-state index contributed by atoms with van der Waals surface area (Å²) < 4.78 is 14.2. The molecule has 3 heteroatoms. The molecule has 1 heterocycles. The third kappa shape index (κ3) is 2.20. The van der Waals surface area contributed by atoms with Crippen LogP contribution in [0.3, 0.4) is 0 Å². The van der Waals surface area contributed by atoms with Gasteiger partial charge in [-0.25, -0.2) is 4.39 Å². The number of aryl methyl sites for hydroxylation is 1. The lowest BCUT2D eigenvalue weighted by Gasteiger charge is -2.26. The van der Waals surface area contributed by atoms with Crippen molar-refractivity contribution in [3.05, 3.63) is 59.4 Å². The number of rotatable bonds is 2. The fourth-order valence-corrected chi connectivity index (χ4v) is 2.84. The molecule has 0 amide bonds. The van der Waals surface area contributed by atoms with Crippen LogP contribution in [0.5, 0.6) is 0 Å². The Labute approximate surface area is 117 Å². The number of hydrogen-bond donors (Lipinski definition) is 0. The van der Waals surface area contributed by atoms with Crippen LogP contribution < -0.4 is 4.90 Å². The van der Waals surface area contributed by atoms with Crippen molar-refractivity contribution in [3.63, 3.8) is 0 Å². The molecule has 0 aliphatic carbocycles. The summed E-state index contributed by atoms with van der Waals surface area (Å²) in [6, 6.07) is 12.7. The molecule has 3 rings (SSSR count). The molecule has 0 aromatic heterocycles. The number of fused-ring (bicyclic) bond motifs is 1. The van der Waals surface area contributed by atoms with Crippen molar-refractivity contribution in [1.82, 2.24) is 0 Å². The highest BCUT2D eigenvalue weighted by molar-refractivity contribution is 5.87. The third-order valence-electron chi connectivity index (χ3n) is 3.78. The predicted molar refractivity (Wildman–Crippen MR) is 78.2 cm³/mol. The van der Waals surface area contributed by atoms with Crippen molar-refractivity contribution < 1.29 is 9.18 Å². The Morgan fingerprint density at radius 3 is 2.75 bits per heavy atom. The molecule has 1 aliphatic rings. The number of para-hydroxylation sites is 2. The van der Waals surface area contributed by atoms with Crippen LogP contribution in [-0.2, 0) is 6.42 Å². The Hall–Kier alpha value is -2.16. The summed E-state index contributed by atoms with van der Waals surface area (Å²) in [6.45, 7) is 0.735. The van der Waals surface area contributed by atoms with Gasteiger partial charge in [0.25, 0.3) is 0 Å². The van der Waals surface area contributed by atoms with Gasteiger partial charge >= 0.3 is 0 Å². The van der Waals surface area contributed by atoms with Crippen LogP contribution in [-0.4, -0.2) is 12.8 Å². The van der Waals surface area contributed by atoms with Crippen molar-refractivity contribution in [2.45, 2.75) is 19.3 Å². The van der Waals surface area contributed by atoms with Crippen LogP contribution >= 0.6 is 0 Å². The zero-order valence-corrected chi connectivity index (χ0v) is 11.2. The first-order chi connectivity index (χ1) is 9.81. The molecule has 20 heavy (non-hydrogen) atoms. The van der Waals surface area contributed by atoms with Crippen LogP contribution in [0.1, 0.15) is 28.8 Å². The number of halogens is 1. The minimum absolute atomic E-state index is 0.341. The van der Waals surface area contributed by atoms with Gasteiger partial charge < -0.3 is 4.90 Å². The summed E-state index contributed by atoms with van der Waals surface area (Å²) in [5.41, 5.74) is 3.03. The maximum absolute atomic E-state index is 14.2. The van der Waals surface area contributed by atoms with Crippen LogP contribution in [0.4, 0.5) is 15.8 Å². The number of aldehydes is 1. The average molecular weight is 269 g/mol. The molecule has 2 aromatic rings. The molecule has 0 N–H and O–H groups in total. The van der Waals surface area contributed by atoms with E-state index >= 15 is 0 Å². The first-order valence-electron chi connectivity index (χ1n) is 6.90. The van der Waals surface area contributed by atoms with Crippen molar-refractivity contribution in [2.24, 2.45) is 0 Å². The smallest absolute Gasteiger partial charge is 0.152 e. The number of hydrogen-bond acceptors (Lipinski definition) is 2. The van der Waals surface area contributed by atoms with Crippen LogP contribution in [0.15, 0.2) is 42.5 Å². The summed E-state index contributed by atoms with van der Waals surface area (Å²) in [6.07, 6.45) is 3.79. The lowest BCUT2D eigenvalue weighted by molar-refractivity contribution is 0.112. The molecular formula is C17H16FNO. The molecule has 2 aromatic carbocycles. The van der Waals surface area contributed by atoms with Crippen LogP contribution in [0.25, 0.3) is 0 Å². The molecule has 2 nitrogen and oxygen atoms in total. The molecule has 0 radical (unpaired) electrons. The Balaban J connectivity index is 2.17. The first-order valence-corrected chi connectivity index (χ1v) is 6.90. The average Bonchev–Trinajstić information content (AvgIpc) is 2.69. The highest BCUT2D eigenvalue weighted by Crippen LogP contribution is 2.35. The molecule has 0 fully saturated rings. The Morgan fingerprint density at radius 1 is 1.05 bits per heavy atom. The molecule has 102 valence electrons. The topological polar surface area (TPSA) is 20.3 Å². The molecule has 1 aliphatic heterocycles. The van der Waals surface area contributed by atoms with Gasteiger partial charge in [0.1, 0.15) is 5.82 Å². The fraction of sp³-hybridized carbons (Fsp3) is 0.235. The lowest BCUT2D eigenvalue weighted by atomic mass is 10.1. The second kappa shape index (κ2) is 5.45. The van der Waals surface area contributed by atoms with E-state index in [4.69, 9.17) is 0 Å². The zero-order valence-electron chi connectivity index (χ0n) is 11.2. The molecule has 0 saturated heterocycles. The minimum atomic E-state index is -0.341. The predicted octanol–water partition coefficient (Wildman–Crippen LogP) is 4.11. The van der Waals surface area contributed by atoms with Gasteiger partial charge in [0, 0.05) is 17.8 Å². The van der Waals surface area contributed by atoms with E-state index in [2.05, 4.69) is 6.07 Å². The monoisotopic (exact) mass is 269 g/mol. The van der Waals surface area contributed by atoms with E-state index in [1.807, 2.05) is 23.1 Å². The number of carbonyl (C=O) groups is 1. The number of benzene rings is 2. The van der Waals surface area contributed by atoms with Gasteiger partial charge in [-0.2, -0.15) is 0 Å². The first kappa shape index (κ1) is 12.9. The van der Waals surface area contributed by atoms with Gasteiger partial charge in [-0.3, -0.25) is 4.79 Å². The van der Waals surface area contributed by atoms with E-state index < -0.39 is 0 Å². The molecule has 0 bridgehead atoms. The number of carbonyl (C=O) groups excluding carboxylic acids is 1. The molecule has 0 atom stereocenters. The van der Waals surface area contributed by atoms with Gasteiger partial charge in [0.15, 0.2) is 6.29 Å². The summed E-state index contributed by atoms with van der Waals surface area (Å²) in [7, 11) is 0. The normalized spacial score (nSPS) is 14.6. The van der Waals surface area contributed by atoms with Gasteiger partial charge in [-0.1, -0.05) is 24.3 Å².